The van der Waals surface area contributed by atoms with Gasteiger partial charge in [-0.25, -0.2) is 19.2 Å². The van der Waals surface area contributed by atoms with Gasteiger partial charge in [0.15, 0.2) is 0 Å². The molecule has 0 unspecified atom stereocenters. The molecule has 48 heavy (non-hydrogen) atoms. The van der Waals surface area contributed by atoms with Crippen LogP contribution in [0.15, 0.2) is 24.3 Å². The molecule has 0 heterocycles. The third kappa shape index (κ3) is 12.0. The van der Waals surface area contributed by atoms with Crippen molar-refractivity contribution < 1.29 is 76.3 Å². The van der Waals surface area contributed by atoms with E-state index in [-0.39, 0.29) is 39.6 Å². The molecule has 1 aromatic rings. The number of esters is 8. The fourth-order valence-electron chi connectivity index (χ4n) is 4.25. The summed E-state index contributed by atoms with van der Waals surface area (Å²) in [5, 5.41) is 0. The molecule has 0 saturated heterocycles. The Balaban J connectivity index is 3.75. The van der Waals surface area contributed by atoms with Gasteiger partial charge in [0.2, 0.25) is 11.2 Å². The molecule has 0 aliphatic heterocycles. The van der Waals surface area contributed by atoms with Gasteiger partial charge < -0.3 is 37.9 Å². The van der Waals surface area contributed by atoms with Crippen LogP contribution in [-0.4, -0.2) is 98.6 Å². The second-order valence-electron chi connectivity index (χ2n) is 9.68. The van der Waals surface area contributed by atoms with Crippen molar-refractivity contribution in [3.05, 3.63) is 35.4 Å². The number of hydrogen-bond donors (Lipinski definition) is 0. The minimum absolute atomic E-state index is 0.112. The van der Waals surface area contributed by atoms with E-state index in [1.54, 1.807) is 0 Å². The summed E-state index contributed by atoms with van der Waals surface area (Å²) in [6, 6.07) is 4.80. The lowest BCUT2D eigenvalue weighted by Gasteiger charge is -2.31. The van der Waals surface area contributed by atoms with Crippen molar-refractivity contribution in [2.45, 2.75) is 78.4 Å². The highest BCUT2D eigenvalue weighted by atomic mass is 16.6. The molecular formula is C32H42O16. The number of hydrogen-bond acceptors (Lipinski definition) is 16. The van der Waals surface area contributed by atoms with Crippen LogP contribution in [0.2, 0.25) is 0 Å². The van der Waals surface area contributed by atoms with Gasteiger partial charge in [-0.3, -0.25) is 19.2 Å². The Hall–Kier alpha value is -5.02. The van der Waals surface area contributed by atoms with Crippen LogP contribution in [0.5, 0.6) is 0 Å². The molecule has 0 atom stereocenters. The van der Waals surface area contributed by atoms with E-state index in [1.807, 2.05) is 0 Å². The number of carbonyl (C=O) groups excluding carboxylic acids is 8. The fraction of sp³-hybridized carbons (Fsp3) is 0.562. The topological polar surface area (TPSA) is 210 Å². The van der Waals surface area contributed by atoms with E-state index in [2.05, 4.69) is 0 Å². The molecule has 0 fully saturated rings. The number of ether oxygens (including phenoxy) is 8. The van der Waals surface area contributed by atoms with Crippen LogP contribution in [0.4, 0.5) is 0 Å². The minimum Gasteiger partial charge on any atom is -0.466 e. The predicted molar refractivity (Wildman–Crippen MR) is 161 cm³/mol. The summed E-state index contributed by atoms with van der Waals surface area (Å²) in [4.78, 5) is 104. The summed E-state index contributed by atoms with van der Waals surface area (Å²) in [6.45, 7) is 7.92. The smallest absolute Gasteiger partial charge is 0.351 e. The zero-order chi connectivity index (χ0) is 36.3. The lowest BCUT2D eigenvalue weighted by atomic mass is 9.94. The highest BCUT2D eigenvalue weighted by Gasteiger charge is 2.51. The van der Waals surface area contributed by atoms with Crippen LogP contribution < -0.4 is 0 Å². The van der Waals surface area contributed by atoms with E-state index in [0.29, 0.717) is 0 Å². The molecule has 0 saturated carbocycles. The first-order valence-corrected chi connectivity index (χ1v) is 15.3. The standard InChI is InChI=1S/C32H42O16/c1-7-41-23(33)17-31(29(39)45-11-5,18-24(34)42-8-2)47-27(37)21-15-13-14-16-22(21)28(38)48-32(30(40)46-12-6,19-25(35)43-9-3)20-26(36)44-10-4/h13-16H,7-12,17-20H2,1-6H3. The van der Waals surface area contributed by atoms with Crippen LogP contribution >= 0.6 is 0 Å². The van der Waals surface area contributed by atoms with E-state index < -0.39 is 95.8 Å². The van der Waals surface area contributed by atoms with Crippen LogP contribution in [0.1, 0.15) is 87.9 Å². The molecule has 0 spiro atoms. The van der Waals surface area contributed by atoms with Crippen molar-refractivity contribution in [2.24, 2.45) is 0 Å². The van der Waals surface area contributed by atoms with Crippen LogP contribution in [0.25, 0.3) is 0 Å². The molecule has 0 radical (unpaired) electrons. The summed E-state index contributed by atoms with van der Waals surface area (Å²) < 4.78 is 40.8. The van der Waals surface area contributed by atoms with Crippen molar-refractivity contribution in [1.82, 2.24) is 0 Å². The number of benzene rings is 1. The molecule has 1 aromatic carbocycles. The summed E-state index contributed by atoms with van der Waals surface area (Å²) in [5.41, 5.74) is -6.31. The van der Waals surface area contributed by atoms with Crippen LogP contribution in [0, 0.1) is 0 Å². The zero-order valence-corrected chi connectivity index (χ0v) is 27.9. The van der Waals surface area contributed by atoms with E-state index in [0.717, 1.165) is 12.1 Å². The normalized spacial score (nSPS) is 11.0. The van der Waals surface area contributed by atoms with Crippen molar-refractivity contribution in [3.8, 4) is 0 Å². The van der Waals surface area contributed by atoms with E-state index >= 15 is 0 Å². The first-order valence-electron chi connectivity index (χ1n) is 15.3. The van der Waals surface area contributed by atoms with Gasteiger partial charge in [0.1, 0.15) is 0 Å². The van der Waals surface area contributed by atoms with E-state index in [1.165, 1.54) is 53.7 Å². The minimum atomic E-state index is -2.59. The Morgan fingerprint density at radius 3 is 0.917 bits per heavy atom. The first-order chi connectivity index (χ1) is 22.8. The summed E-state index contributed by atoms with van der Waals surface area (Å²) in [7, 11) is 0. The summed E-state index contributed by atoms with van der Waals surface area (Å²) in [5.74, 6) is -9.43. The summed E-state index contributed by atoms with van der Waals surface area (Å²) in [6.07, 6.45) is -3.83. The average Bonchev–Trinajstić information content (AvgIpc) is 3.01. The van der Waals surface area contributed by atoms with Gasteiger partial charge in [-0.05, 0) is 53.7 Å². The fourth-order valence-corrected chi connectivity index (χ4v) is 4.25. The Labute approximate surface area is 277 Å². The third-order valence-corrected chi connectivity index (χ3v) is 6.18. The molecule has 0 amide bonds. The van der Waals surface area contributed by atoms with Crippen molar-refractivity contribution in [2.75, 3.05) is 39.6 Å². The molecule has 16 heteroatoms. The largest absolute Gasteiger partial charge is 0.466 e. The van der Waals surface area contributed by atoms with E-state index in [4.69, 9.17) is 37.9 Å². The zero-order valence-electron chi connectivity index (χ0n) is 27.9. The maximum absolute atomic E-state index is 13.7. The molecule has 1 rings (SSSR count). The molecular weight excluding hydrogens is 640 g/mol. The predicted octanol–water partition coefficient (Wildman–Crippen LogP) is 2.42. The maximum atomic E-state index is 13.7. The molecule has 0 aromatic heterocycles. The lowest BCUT2D eigenvalue weighted by molar-refractivity contribution is -0.178. The molecule has 16 nitrogen and oxygen atoms in total. The van der Waals surface area contributed by atoms with Gasteiger partial charge in [-0.2, -0.15) is 0 Å². The van der Waals surface area contributed by atoms with Crippen LogP contribution in [-0.2, 0) is 66.7 Å². The Bertz CT molecular complexity index is 1180. The Kier molecular flexibility index (Phi) is 17.3. The Morgan fingerprint density at radius 1 is 0.438 bits per heavy atom. The van der Waals surface area contributed by atoms with Gasteiger partial charge in [-0.1, -0.05) is 12.1 Å². The van der Waals surface area contributed by atoms with Gasteiger partial charge in [0, 0.05) is 0 Å². The van der Waals surface area contributed by atoms with Gasteiger partial charge >= 0.3 is 47.8 Å². The maximum Gasteiger partial charge on any atom is 0.351 e. The average molecular weight is 683 g/mol. The highest BCUT2D eigenvalue weighted by molar-refractivity contribution is 6.06. The second kappa shape index (κ2) is 20.3. The summed E-state index contributed by atoms with van der Waals surface area (Å²) >= 11 is 0. The first kappa shape index (κ1) is 41.0. The lowest BCUT2D eigenvalue weighted by Crippen LogP contribution is -2.49. The Morgan fingerprint density at radius 2 is 0.688 bits per heavy atom. The quantitative estimate of drug-likeness (QED) is 0.143. The van der Waals surface area contributed by atoms with Gasteiger partial charge in [0.05, 0.1) is 76.5 Å². The molecule has 266 valence electrons. The molecule has 0 bridgehead atoms. The number of carbonyl (C=O) groups is 8. The van der Waals surface area contributed by atoms with E-state index in [9.17, 15) is 38.4 Å². The van der Waals surface area contributed by atoms with Crippen molar-refractivity contribution in [1.29, 1.82) is 0 Å². The second-order valence-corrected chi connectivity index (χ2v) is 9.68. The third-order valence-electron chi connectivity index (χ3n) is 6.18. The molecule has 0 N–H and O–H groups in total. The van der Waals surface area contributed by atoms with Gasteiger partial charge in [-0.15, -0.1) is 0 Å². The van der Waals surface area contributed by atoms with Crippen molar-refractivity contribution >= 4 is 47.8 Å². The van der Waals surface area contributed by atoms with Crippen LogP contribution in [0.3, 0.4) is 0 Å². The SMILES string of the molecule is CCOC(=O)CC(CC(=O)OCC)(OC(=O)c1ccccc1C(=O)OC(CC(=O)OCC)(CC(=O)OCC)C(=O)OCC)C(=O)OCC. The van der Waals surface area contributed by atoms with Gasteiger partial charge in [0.25, 0.3) is 0 Å². The highest BCUT2D eigenvalue weighted by Crippen LogP contribution is 2.30. The van der Waals surface area contributed by atoms with Crippen molar-refractivity contribution in [3.63, 3.8) is 0 Å². The molecule has 0 aliphatic carbocycles. The molecule has 0 aliphatic rings. The number of rotatable bonds is 20. The monoisotopic (exact) mass is 682 g/mol.